The van der Waals surface area contributed by atoms with Gasteiger partial charge in [0.05, 0.1) is 17.9 Å². The molecule has 6 nitrogen and oxygen atoms in total. The second-order valence-electron chi connectivity index (χ2n) is 7.30. The van der Waals surface area contributed by atoms with Crippen molar-refractivity contribution in [3.8, 4) is 5.75 Å². The van der Waals surface area contributed by atoms with Crippen molar-refractivity contribution in [2.75, 3.05) is 13.2 Å². The van der Waals surface area contributed by atoms with Crippen molar-refractivity contribution < 1.29 is 14.1 Å². The van der Waals surface area contributed by atoms with Crippen molar-refractivity contribution in [2.24, 2.45) is 0 Å². The number of amides is 1. The van der Waals surface area contributed by atoms with Crippen LogP contribution in [-0.2, 0) is 12.2 Å². The molecule has 0 bridgehead atoms. The van der Waals surface area contributed by atoms with Gasteiger partial charge in [-0.2, -0.15) is 0 Å². The summed E-state index contributed by atoms with van der Waals surface area (Å²) in [5.41, 5.74) is 3.65. The van der Waals surface area contributed by atoms with Crippen molar-refractivity contribution in [2.45, 2.75) is 50.8 Å². The molecule has 0 radical (unpaired) electrons. The second kappa shape index (κ2) is 11.6. The van der Waals surface area contributed by atoms with Gasteiger partial charge in [0, 0.05) is 24.1 Å². The Kier molecular flexibility index (Phi) is 8.53. The molecule has 0 aliphatic heterocycles. The summed E-state index contributed by atoms with van der Waals surface area (Å²) in [6.07, 6.45) is 4.63. The van der Waals surface area contributed by atoms with Crippen LogP contribution in [0.1, 0.15) is 52.7 Å². The Morgan fingerprint density at radius 2 is 2.00 bits per heavy atom. The highest BCUT2D eigenvalue weighted by Crippen LogP contribution is 2.27. The molecule has 2 aromatic heterocycles. The molecule has 1 amide bonds. The summed E-state index contributed by atoms with van der Waals surface area (Å²) < 4.78 is 10.9. The Labute approximate surface area is 187 Å². The van der Waals surface area contributed by atoms with E-state index in [4.69, 9.17) is 9.26 Å². The number of unbranched alkanes of at least 4 members (excludes halogenated alkanes) is 1. The SMILES string of the molecule is CCCCOc1ccc(CCNC(=O)c2cccnc2SCc2c(C)noc2C)cc1. The van der Waals surface area contributed by atoms with Gasteiger partial charge in [0.2, 0.25) is 0 Å². The number of aromatic nitrogens is 2. The summed E-state index contributed by atoms with van der Waals surface area (Å²) in [7, 11) is 0. The van der Waals surface area contributed by atoms with Gasteiger partial charge in [-0.3, -0.25) is 4.79 Å². The fourth-order valence-electron chi connectivity index (χ4n) is 3.03. The molecule has 0 fully saturated rings. The van der Waals surface area contributed by atoms with Gasteiger partial charge in [-0.1, -0.05) is 30.6 Å². The number of hydrogen-bond donors (Lipinski definition) is 1. The van der Waals surface area contributed by atoms with E-state index in [0.717, 1.165) is 54.2 Å². The highest BCUT2D eigenvalue weighted by Gasteiger charge is 2.15. The first-order chi connectivity index (χ1) is 15.1. The van der Waals surface area contributed by atoms with Gasteiger partial charge in [-0.05, 0) is 56.5 Å². The number of carbonyl (C=O) groups excluding carboxylic acids is 1. The van der Waals surface area contributed by atoms with Crippen LogP contribution in [0.5, 0.6) is 5.75 Å². The zero-order valence-electron chi connectivity index (χ0n) is 18.3. The lowest BCUT2D eigenvalue weighted by atomic mass is 10.1. The first kappa shape index (κ1) is 22.9. The third kappa shape index (κ3) is 6.59. The summed E-state index contributed by atoms with van der Waals surface area (Å²) in [5, 5.41) is 7.69. The van der Waals surface area contributed by atoms with Gasteiger partial charge in [0.15, 0.2) is 0 Å². The summed E-state index contributed by atoms with van der Waals surface area (Å²) in [6.45, 7) is 7.26. The number of benzene rings is 1. The normalized spacial score (nSPS) is 10.8. The zero-order valence-corrected chi connectivity index (χ0v) is 19.1. The van der Waals surface area contributed by atoms with Crippen molar-refractivity contribution in [3.05, 3.63) is 70.7 Å². The topological polar surface area (TPSA) is 77.2 Å². The minimum absolute atomic E-state index is 0.117. The maximum Gasteiger partial charge on any atom is 0.254 e. The van der Waals surface area contributed by atoms with Crippen molar-refractivity contribution >= 4 is 17.7 Å². The smallest absolute Gasteiger partial charge is 0.254 e. The molecule has 0 atom stereocenters. The first-order valence-electron chi connectivity index (χ1n) is 10.6. The summed E-state index contributed by atoms with van der Waals surface area (Å²) in [4.78, 5) is 17.1. The molecule has 0 saturated carbocycles. The minimum Gasteiger partial charge on any atom is -0.494 e. The molecule has 0 spiro atoms. The molecule has 2 heterocycles. The van der Waals surface area contributed by atoms with Gasteiger partial charge in [-0.25, -0.2) is 4.98 Å². The standard InChI is InChI=1S/C24H29N3O3S/c1-4-5-15-29-20-10-8-19(9-11-20)12-14-25-23(28)21-7-6-13-26-24(21)31-16-22-17(2)27-30-18(22)3/h6-11,13H,4-5,12,14-16H2,1-3H3,(H,25,28). The number of hydrogen-bond acceptors (Lipinski definition) is 6. The van der Waals surface area contributed by atoms with Gasteiger partial charge in [-0.15, -0.1) is 11.8 Å². The maximum atomic E-state index is 12.7. The number of nitrogens with zero attached hydrogens (tertiary/aromatic N) is 2. The number of carbonyl (C=O) groups is 1. The van der Waals surface area contributed by atoms with Crippen LogP contribution in [0.3, 0.4) is 0 Å². The van der Waals surface area contributed by atoms with Crippen molar-refractivity contribution in [3.63, 3.8) is 0 Å². The van der Waals surface area contributed by atoms with Gasteiger partial charge in [0.1, 0.15) is 16.5 Å². The highest BCUT2D eigenvalue weighted by atomic mass is 32.2. The molecule has 3 aromatic rings. The number of pyridine rings is 1. The summed E-state index contributed by atoms with van der Waals surface area (Å²) in [6, 6.07) is 11.6. The van der Waals surface area contributed by atoms with E-state index in [2.05, 4.69) is 22.4 Å². The number of rotatable bonds is 11. The highest BCUT2D eigenvalue weighted by molar-refractivity contribution is 7.98. The lowest BCUT2D eigenvalue weighted by Crippen LogP contribution is -2.26. The van der Waals surface area contributed by atoms with Crippen molar-refractivity contribution in [1.29, 1.82) is 0 Å². The lowest BCUT2D eigenvalue weighted by molar-refractivity contribution is 0.0950. The molecule has 1 N–H and O–H groups in total. The molecule has 0 aliphatic rings. The van der Waals surface area contributed by atoms with Crippen LogP contribution >= 0.6 is 11.8 Å². The molecule has 0 aliphatic carbocycles. The summed E-state index contributed by atoms with van der Waals surface area (Å²) in [5.74, 6) is 2.23. The Morgan fingerprint density at radius 3 is 2.71 bits per heavy atom. The third-order valence-corrected chi connectivity index (χ3v) is 5.97. The van der Waals surface area contributed by atoms with Gasteiger partial charge in [0.25, 0.3) is 5.91 Å². The predicted octanol–water partition coefficient (Wildman–Crippen LogP) is 5.13. The number of nitrogens with one attached hydrogen (secondary N) is 1. The third-order valence-electron chi connectivity index (χ3n) is 4.94. The van der Waals surface area contributed by atoms with Crippen molar-refractivity contribution in [1.82, 2.24) is 15.5 Å². The van der Waals surface area contributed by atoms with Crippen LogP contribution in [0.2, 0.25) is 0 Å². The molecule has 1 aromatic carbocycles. The Morgan fingerprint density at radius 1 is 1.19 bits per heavy atom. The fourth-order valence-corrected chi connectivity index (χ4v) is 4.17. The van der Waals surface area contributed by atoms with E-state index in [1.165, 1.54) is 11.8 Å². The van der Waals surface area contributed by atoms with Crippen LogP contribution < -0.4 is 10.1 Å². The van der Waals surface area contributed by atoms with Gasteiger partial charge >= 0.3 is 0 Å². The Hall–Kier alpha value is -2.80. The molecule has 0 saturated heterocycles. The minimum atomic E-state index is -0.117. The zero-order chi connectivity index (χ0) is 22.1. The average Bonchev–Trinajstić information content (AvgIpc) is 3.11. The number of aryl methyl sites for hydroxylation is 2. The lowest BCUT2D eigenvalue weighted by Gasteiger charge is -2.10. The van der Waals surface area contributed by atoms with E-state index < -0.39 is 0 Å². The second-order valence-corrected chi connectivity index (χ2v) is 8.26. The largest absolute Gasteiger partial charge is 0.494 e. The molecule has 3 rings (SSSR count). The molecule has 0 unspecified atom stereocenters. The van der Waals surface area contributed by atoms with Crippen LogP contribution in [0.25, 0.3) is 0 Å². The monoisotopic (exact) mass is 439 g/mol. The van der Waals surface area contributed by atoms with Crippen LogP contribution in [0.4, 0.5) is 0 Å². The quantitative estimate of drug-likeness (QED) is 0.330. The van der Waals surface area contributed by atoms with E-state index >= 15 is 0 Å². The van der Waals surface area contributed by atoms with E-state index in [1.54, 1.807) is 18.3 Å². The van der Waals surface area contributed by atoms with E-state index in [-0.39, 0.29) is 5.91 Å². The number of thioether (sulfide) groups is 1. The van der Waals surface area contributed by atoms with E-state index in [1.807, 2.05) is 38.1 Å². The molecular weight excluding hydrogens is 410 g/mol. The molecule has 7 heteroatoms. The van der Waals surface area contributed by atoms with E-state index in [0.29, 0.717) is 22.9 Å². The maximum absolute atomic E-state index is 12.7. The predicted molar refractivity (Wildman–Crippen MR) is 123 cm³/mol. The molecule has 164 valence electrons. The average molecular weight is 440 g/mol. The van der Waals surface area contributed by atoms with Crippen LogP contribution in [0.15, 0.2) is 52.1 Å². The van der Waals surface area contributed by atoms with E-state index in [9.17, 15) is 4.79 Å². The molecule has 31 heavy (non-hydrogen) atoms. The van der Waals surface area contributed by atoms with Crippen LogP contribution in [0, 0.1) is 13.8 Å². The first-order valence-corrected chi connectivity index (χ1v) is 11.6. The van der Waals surface area contributed by atoms with Gasteiger partial charge < -0.3 is 14.6 Å². The molecular formula is C24H29N3O3S. The summed E-state index contributed by atoms with van der Waals surface area (Å²) >= 11 is 1.52. The Bertz CT molecular complexity index is 966. The Balaban J connectivity index is 1.51. The fraction of sp³-hybridized carbons (Fsp3) is 0.375. The number of ether oxygens (including phenoxy) is 1. The van der Waals surface area contributed by atoms with Crippen LogP contribution in [-0.4, -0.2) is 29.2 Å².